The maximum Gasteiger partial charge on any atom is 0.230 e. The Bertz CT molecular complexity index is 404. The van der Waals surface area contributed by atoms with E-state index in [1.165, 1.54) is 0 Å². The van der Waals surface area contributed by atoms with E-state index >= 15 is 0 Å². The van der Waals surface area contributed by atoms with Crippen molar-refractivity contribution in [2.24, 2.45) is 0 Å². The number of carbonyl (C=O) groups excluding carboxylic acids is 1. The molecule has 1 aromatic rings. The van der Waals surface area contributed by atoms with Gasteiger partial charge in [0.05, 0.1) is 11.5 Å². The molecule has 0 saturated heterocycles. The van der Waals surface area contributed by atoms with Gasteiger partial charge in [0.1, 0.15) is 0 Å². The van der Waals surface area contributed by atoms with Gasteiger partial charge in [0.25, 0.3) is 0 Å². The van der Waals surface area contributed by atoms with Crippen LogP contribution in [-0.2, 0) is 10.2 Å². The molecule has 3 heteroatoms. The van der Waals surface area contributed by atoms with Crippen molar-refractivity contribution >= 4 is 5.91 Å². The highest BCUT2D eigenvalue weighted by Gasteiger charge is 2.28. The average Bonchev–Trinajstić information content (AvgIpc) is 2.35. The normalized spacial score (nSPS) is 10.6. The van der Waals surface area contributed by atoms with Crippen LogP contribution in [0.25, 0.3) is 0 Å². The van der Waals surface area contributed by atoms with Crippen molar-refractivity contribution < 1.29 is 4.79 Å². The zero-order valence-corrected chi connectivity index (χ0v) is 10.4. The molecule has 0 aromatic heterocycles. The van der Waals surface area contributed by atoms with E-state index in [1.54, 1.807) is 0 Å². The van der Waals surface area contributed by atoms with Crippen LogP contribution in [-0.4, -0.2) is 12.5 Å². The zero-order chi connectivity index (χ0) is 12.7. The van der Waals surface area contributed by atoms with Crippen molar-refractivity contribution in [2.45, 2.75) is 32.1 Å². The summed E-state index contributed by atoms with van der Waals surface area (Å²) < 4.78 is 0. The summed E-state index contributed by atoms with van der Waals surface area (Å²) in [5.74, 6) is 0.00152. The number of benzene rings is 1. The Kier molecular flexibility index (Phi) is 4.71. The number of nitriles is 1. The first-order valence-corrected chi connectivity index (χ1v) is 5.80. The largest absolute Gasteiger partial charge is 0.355 e. The first-order valence-electron chi connectivity index (χ1n) is 5.80. The van der Waals surface area contributed by atoms with Crippen LogP contribution >= 0.6 is 0 Å². The molecule has 0 unspecified atom stereocenters. The monoisotopic (exact) mass is 230 g/mol. The third-order valence-corrected chi connectivity index (χ3v) is 2.81. The molecule has 1 N–H and O–H groups in total. The average molecular weight is 230 g/mol. The Morgan fingerprint density at radius 2 is 2.00 bits per heavy atom. The van der Waals surface area contributed by atoms with E-state index in [2.05, 4.69) is 11.4 Å². The highest BCUT2D eigenvalue weighted by molar-refractivity contribution is 5.87. The second-order valence-corrected chi connectivity index (χ2v) is 4.51. The zero-order valence-electron chi connectivity index (χ0n) is 10.4. The molecule has 0 aliphatic heterocycles. The summed E-state index contributed by atoms with van der Waals surface area (Å²) in [6.07, 6.45) is 1.18. The van der Waals surface area contributed by atoms with E-state index in [4.69, 9.17) is 5.26 Å². The fraction of sp³-hybridized carbons (Fsp3) is 0.429. The smallest absolute Gasteiger partial charge is 0.230 e. The number of carbonyl (C=O) groups is 1. The molecule has 1 aromatic carbocycles. The lowest BCUT2D eigenvalue weighted by Gasteiger charge is -2.24. The summed E-state index contributed by atoms with van der Waals surface area (Å²) in [5, 5.41) is 11.3. The van der Waals surface area contributed by atoms with Gasteiger partial charge >= 0.3 is 0 Å². The van der Waals surface area contributed by atoms with E-state index in [-0.39, 0.29) is 5.91 Å². The minimum absolute atomic E-state index is 0.00152. The SMILES string of the molecule is CC(C)(C(=O)NCCCC#N)c1ccccc1. The Morgan fingerprint density at radius 1 is 1.35 bits per heavy atom. The first-order chi connectivity index (χ1) is 8.09. The van der Waals surface area contributed by atoms with Crippen LogP contribution in [0.4, 0.5) is 0 Å². The van der Waals surface area contributed by atoms with Gasteiger partial charge in [-0.3, -0.25) is 4.79 Å². The van der Waals surface area contributed by atoms with E-state index in [9.17, 15) is 4.79 Å². The van der Waals surface area contributed by atoms with Gasteiger partial charge < -0.3 is 5.32 Å². The van der Waals surface area contributed by atoms with Crippen molar-refractivity contribution in [3.05, 3.63) is 35.9 Å². The standard InChI is InChI=1S/C14H18N2O/c1-14(2,12-8-4-3-5-9-12)13(17)16-11-7-6-10-15/h3-5,8-9H,6-7,11H2,1-2H3,(H,16,17). The molecule has 17 heavy (non-hydrogen) atoms. The Morgan fingerprint density at radius 3 is 2.59 bits per heavy atom. The molecule has 90 valence electrons. The predicted octanol–water partition coefficient (Wildman–Crippen LogP) is 2.38. The van der Waals surface area contributed by atoms with Crippen LogP contribution in [0.5, 0.6) is 0 Å². The summed E-state index contributed by atoms with van der Waals surface area (Å²) in [6.45, 7) is 4.37. The molecule has 0 aliphatic carbocycles. The molecular weight excluding hydrogens is 212 g/mol. The minimum Gasteiger partial charge on any atom is -0.355 e. The van der Waals surface area contributed by atoms with Crippen molar-refractivity contribution in [2.75, 3.05) is 6.54 Å². The highest BCUT2D eigenvalue weighted by Crippen LogP contribution is 2.22. The number of hydrogen-bond acceptors (Lipinski definition) is 2. The molecular formula is C14H18N2O. The molecule has 0 spiro atoms. The third-order valence-electron chi connectivity index (χ3n) is 2.81. The van der Waals surface area contributed by atoms with Crippen LogP contribution in [0.2, 0.25) is 0 Å². The van der Waals surface area contributed by atoms with Crippen molar-refractivity contribution in [3.8, 4) is 6.07 Å². The van der Waals surface area contributed by atoms with Crippen molar-refractivity contribution in [1.82, 2.24) is 5.32 Å². The maximum absolute atomic E-state index is 12.0. The van der Waals surface area contributed by atoms with Crippen molar-refractivity contribution in [1.29, 1.82) is 5.26 Å². The van der Waals surface area contributed by atoms with E-state index in [0.717, 1.165) is 5.56 Å². The molecule has 0 atom stereocenters. The van der Waals surface area contributed by atoms with Gasteiger partial charge in [0.15, 0.2) is 0 Å². The second-order valence-electron chi connectivity index (χ2n) is 4.51. The van der Waals surface area contributed by atoms with Crippen LogP contribution in [0.3, 0.4) is 0 Å². The Labute approximate surface area is 102 Å². The lowest BCUT2D eigenvalue weighted by Crippen LogP contribution is -2.40. The molecule has 1 amide bonds. The fourth-order valence-electron chi connectivity index (χ4n) is 1.58. The number of nitrogens with zero attached hydrogens (tertiary/aromatic N) is 1. The summed E-state index contributed by atoms with van der Waals surface area (Å²) in [4.78, 5) is 12.0. The fourth-order valence-corrected chi connectivity index (χ4v) is 1.58. The number of nitrogens with one attached hydrogen (secondary N) is 1. The predicted molar refractivity (Wildman–Crippen MR) is 67.3 cm³/mol. The van der Waals surface area contributed by atoms with Gasteiger partial charge in [-0.2, -0.15) is 5.26 Å². The van der Waals surface area contributed by atoms with Gasteiger partial charge in [-0.15, -0.1) is 0 Å². The molecule has 3 nitrogen and oxygen atoms in total. The van der Waals surface area contributed by atoms with E-state index < -0.39 is 5.41 Å². The van der Waals surface area contributed by atoms with E-state index in [0.29, 0.717) is 19.4 Å². The Hall–Kier alpha value is -1.82. The van der Waals surface area contributed by atoms with Crippen LogP contribution in [0, 0.1) is 11.3 Å². The van der Waals surface area contributed by atoms with Gasteiger partial charge in [0.2, 0.25) is 5.91 Å². The Balaban J connectivity index is 2.59. The summed E-state index contributed by atoms with van der Waals surface area (Å²) in [7, 11) is 0. The molecule has 0 fully saturated rings. The van der Waals surface area contributed by atoms with Gasteiger partial charge in [-0.1, -0.05) is 30.3 Å². The molecule has 0 bridgehead atoms. The molecule has 0 aliphatic rings. The minimum atomic E-state index is -0.534. The third kappa shape index (κ3) is 3.60. The van der Waals surface area contributed by atoms with Gasteiger partial charge in [-0.05, 0) is 25.8 Å². The number of rotatable bonds is 5. The lowest BCUT2D eigenvalue weighted by molar-refractivity contribution is -0.125. The summed E-state index contributed by atoms with van der Waals surface area (Å²) >= 11 is 0. The first kappa shape index (κ1) is 13.2. The lowest BCUT2D eigenvalue weighted by atomic mass is 9.84. The second kappa shape index (κ2) is 6.05. The molecule has 1 rings (SSSR count). The summed E-state index contributed by atoms with van der Waals surface area (Å²) in [6, 6.07) is 11.8. The molecule has 0 saturated carbocycles. The summed E-state index contributed by atoms with van der Waals surface area (Å²) in [5.41, 5.74) is 0.464. The van der Waals surface area contributed by atoms with Gasteiger partial charge in [-0.25, -0.2) is 0 Å². The maximum atomic E-state index is 12.0. The van der Waals surface area contributed by atoms with Crippen molar-refractivity contribution in [3.63, 3.8) is 0 Å². The van der Waals surface area contributed by atoms with Crippen LogP contribution in [0.1, 0.15) is 32.3 Å². The van der Waals surface area contributed by atoms with E-state index in [1.807, 2.05) is 44.2 Å². The molecule has 0 heterocycles. The number of amides is 1. The number of unbranched alkanes of at least 4 members (excludes halogenated alkanes) is 1. The van der Waals surface area contributed by atoms with Gasteiger partial charge in [0, 0.05) is 13.0 Å². The quantitative estimate of drug-likeness (QED) is 0.789. The van der Waals surface area contributed by atoms with Crippen LogP contribution < -0.4 is 5.32 Å². The highest BCUT2D eigenvalue weighted by atomic mass is 16.2. The van der Waals surface area contributed by atoms with Crippen LogP contribution in [0.15, 0.2) is 30.3 Å². The number of hydrogen-bond donors (Lipinski definition) is 1. The molecule has 0 radical (unpaired) electrons. The topological polar surface area (TPSA) is 52.9 Å².